The first-order chi connectivity index (χ1) is 7.34. The van der Waals surface area contributed by atoms with E-state index >= 15 is 0 Å². The number of nitrogens with one attached hydrogen (secondary N) is 1. The van der Waals surface area contributed by atoms with Crippen LogP contribution in [0.2, 0.25) is 0 Å². The van der Waals surface area contributed by atoms with E-state index in [4.69, 9.17) is 0 Å². The van der Waals surface area contributed by atoms with Crippen LogP contribution in [0.15, 0.2) is 22.7 Å². The van der Waals surface area contributed by atoms with E-state index in [1.54, 1.807) is 0 Å². The number of alkyl halides is 3. The van der Waals surface area contributed by atoms with Gasteiger partial charge in [-0.3, -0.25) is 0 Å². The number of halogens is 5. The molecule has 0 aliphatic carbocycles. The lowest BCUT2D eigenvalue weighted by molar-refractivity contribution is -0.154. The SMILES string of the molecule is CNC(Cc1ccc(F)c(Br)c1)C(F)(F)F. The molecule has 0 radical (unpaired) electrons. The average molecular weight is 300 g/mol. The van der Waals surface area contributed by atoms with Crippen molar-refractivity contribution in [3.05, 3.63) is 34.1 Å². The average Bonchev–Trinajstić information content (AvgIpc) is 2.18. The summed E-state index contributed by atoms with van der Waals surface area (Å²) in [5.41, 5.74) is 0.421. The first kappa shape index (κ1) is 13.4. The molecule has 1 nitrogen and oxygen atoms in total. The predicted molar refractivity (Wildman–Crippen MR) is 56.7 cm³/mol. The minimum Gasteiger partial charge on any atom is -0.309 e. The molecule has 0 amide bonds. The van der Waals surface area contributed by atoms with Crippen LogP contribution < -0.4 is 5.32 Å². The van der Waals surface area contributed by atoms with Crippen LogP contribution in [-0.4, -0.2) is 19.3 Å². The highest BCUT2D eigenvalue weighted by Crippen LogP contribution is 2.24. The number of hydrogen-bond acceptors (Lipinski definition) is 1. The summed E-state index contributed by atoms with van der Waals surface area (Å²) in [4.78, 5) is 0. The molecule has 0 heterocycles. The van der Waals surface area contributed by atoms with Crippen LogP contribution in [0.1, 0.15) is 5.56 Å². The lowest BCUT2D eigenvalue weighted by Gasteiger charge is -2.19. The molecule has 90 valence electrons. The summed E-state index contributed by atoms with van der Waals surface area (Å²) in [6, 6.07) is 2.22. The van der Waals surface area contributed by atoms with Gasteiger partial charge in [-0.1, -0.05) is 6.07 Å². The van der Waals surface area contributed by atoms with Crippen LogP contribution in [0.3, 0.4) is 0 Å². The van der Waals surface area contributed by atoms with Gasteiger partial charge in [0.1, 0.15) is 11.9 Å². The Bertz CT molecular complexity index is 364. The Labute approximate surface area is 99.0 Å². The van der Waals surface area contributed by atoms with E-state index in [0.717, 1.165) is 6.07 Å². The first-order valence-corrected chi connectivity index (χ1v) is 5.32. The monoisotopic (exact) mass is 299 g/mol. The summed E-state index contributed by atoms with van der Waals surface area (Å²) in [5, 5.41) is 2.19. The van der Waals surface area contributed by atoms with Gasteiger partial charge in [0, 0.05) is 0 Å². The highest BCUT2D eigenvalue weighted by Gasteiger charge is 2.38. The molecule has 0 aliphatic rings. The van der Waals surface area contributed by atoms with Crippen LogP contribution in [0.25, 0.3) is 0 Å². The van der Waals surface area contributed by atoms with Crippen LogP contribution in [0.5, 0.6) is 0 Å². The van der Waals surface area contributed by atoms with Gasteiger partial charge in [-0.15, -0.1) is 0 Å². The molecule has 1 N–H and O–H groups in total. The van der Waals surface area contributed by atoms with Gasteiger partial charge < -0.3 is 5.32 Å². The largest absolute Gasteiger partial charge is 0.404 e. The molecule has 0 spiro atoms. The minimum atomic E-state index is -4.31. The second kappa shape index (κ2) is 5.14. The summed E-state index contributed by atoms with van der Waals surface area (Å²) >= 11 is 2.93. The van der Waals surface area contributed by atoms with E-state index in [1.807, 2.05) is 0 Å². The van der Waals surface area contributed by atoms with Gasteiger partial charge >= 0.3 is 6.18 Å². The third-order valence-electron chi connectivity index (χ3n) is 2.17. The van der Waals surface area contributed by atoms with Crippen molar-refractivity contribution in [2.75, 3.05) is 7.05 Å². The van der Waals surface area contributed by atoms with Crippen molar-refractivity contribution < 1.29 is 17.6 Å². The van der Waals surface area contributed by atoms with Gasteiger partial charge in [0.15, 0.2) is 0 Å². The maximum Gasteiger partial charge on any atom is 0.404 e. The molecule has 1 aromatic rings. The first-order valence-electron chi connectivity index (χ1n) is 4.52. The van der Waals surface area contributed by atoms with Gasteiger partial charge in [0.05, 0.1) is 4.47 Å². The lowest BCUT2D eigenvalue weighted by Crippen LogP contribution is -2.41. The van der Waals surface area contributed by atoms with E-state index in [0.29, 0.717) is 5.56 Å². The van der Waals surface area contributed by atoms with Gasteiger partial charge in [0.25, 0.3) is 0 Å². The molecule has 16 heavy (non-hydrogen) atoms. The Morgan fingerprint density at radius 3 is 2.44 bits per heavy atom. The molecule has 1 aromatic carbocycles. The van der Waals surface area contributed by atoms with E-state index in [1.165, 1.54) is 19.2 Å². The van der Waals surface area contributed by atoms with Gasteiger partial charge in [-0.05, 0) is 47.1 Å². The summed E-state index contributed by atoms with van der Waals surface area (Å²) in [6.45, 7) is 0. The van der Waals surface area contributed by atoms with E-state index in [2.05, 4.69) is 21.2 Å². The quantitative estimate of drug-likeness (QED) is 0.845. The molecule has 0 bridgehead atoms. The van der Waals surface area contributed by atoms with E-state index in [9.17, 15) is 17.6 Å². The fourth-order valence-corrected chi connectivity index (χ4v) is 1.71. The maximum absolute atomic E-state index is 12.9. The Hall–Kier alpha value is -0.620. The summed E-state index contributed by atoms with van der Waals surface area (Å²) in [6.07, 6.45) is -4.53. The zero-order valence-corrected chi connectivity index (χ0v) is 9.99. The molecule has 1 atom stereocenters. The van der Waals surface area contributed by atoms with Crippen molar-refractivity contribution in [2.24, 2.45) is 0 Å². The van der Waals surface area contributed by atoms with Gasteiger partial charge in [0.2, 0.25) is 0 Å². The smallest absolute Gasteiger partial charge is 0.309 e. The number of likely N-dealkylation sites (N-methyl/N-ethyl adjacent to an activating group) is 1. The highest BCUT2D eigenvalue weighted by molar-refractivity contribution is 9.10. The zero-order valence-electron chi connectivity index (χ0n) is 8.41. The van der Waals surface area contributed by atoms with Crippen molar-refractivity contribution in [2.45, 2.75) is 18.6 Å². The van der Waals surface area contributed by atoms with Crippen molar-refractivity contribution in [1.29, 1.82) is 0 Å². The second-order valence-corrected chi connectivity index (χ2v) is 4.19. The van der Waals surface area contributed by atoms with Crippen LogP contribution >= 0.6 is 15.9 Å². The molecule has 0 fully saturated rings. The number of hydrogen-bond donors (Lipinski definition) is 1. The molecule has 1 rings (SSSR count). The molecule has 6 heteroatoms. The molecule has 0 aliphatic heterocycles. The summed E-state index contributed by atoms with van der Waals surface area (Å²) in [7, 11) is 1.25. The van der Waals surface area contributed by atoms with Crippen LogP contribution in [0, 0.1) is 5.82 Å². The normalized spacial score (nSPS) is 13.9. The molecular formula is C10H10BrF4N. The van der Waals surface area contributed by atoms with Crippen LogP contribution in [-0.2, 0) is 6.42 Å². The topological polar surface area (TPSA) is 12.0 Å². The fraction of sp³-hybridized carbons (Fsp3) is 0.400. The molecule has 0 saturated heterocycles. The molecule has 1 unspecified atom stereocenters. The molecule has 0 aromatic heterocycles. The third-order valence-corrected chi connectivity index (χ3v) is 2.78. The van der Waals surface area contributed by atoms with Crippen molar-refractivity contribution in [3.8, 4) is 0 Å². The number of rotatable bonds is 3. The van der Waals surface area contributed by atoms with E-state index < -0.39 is 18.0 Å². The lowest BCUT2D eigenvalue weighted by atomic mass is 10.1. The third kappa shape index (κ3) is 3.45. The highest BCUT2D eigenvalue weighted by atomic mass is 79.9. The fourth-order valence-electron chi connectivity index (χ4n) is 1.28. The summed E-state index contributed by atoms with van der Waals surface area (Å²) in [5.74, 6) is -0.489. The Balaban J connectivity index is 2.83. The molecular weight excluding hydrogens is 290 g/mol. The Morgan fingerprint density at radius 2 is 2.00 bits per heavy atom. The second-order valence-electron chi connectivity index (χ2n) is 3.34. The predicted octanol–water partition coefficient (Wildman–Crippen LogP) is 3.28. The van der Waals surface area contributed by atoms with Crippen LogP contribution in [0.4, 0.5) is 17.6 Å². The van der Waals surface area contributed by atoms with Crippen molar-refractivity contribution in [1.82, 2.24) is 5.32 Å². The van der Waals surface area contributed by atoms with Gasteiger partial charge in [-0.25, -0.2) is 4.39 Å². The van der Waals surface area contributed by atoms with Crippen molar-refractivity contribution >= 4 is 15.9 Å². The standard InChI is InChI=1S/C10H10BrF4N/c1-16-9(10(13,14)15)5-6-2-3-8(12)7(11)4-6/h2-4,9,16H,5H2,1H3. The Kier molecular flexibility index (Phi) is 4.32. The zero-order chi connectivity index (χ0) is 12.3. The van der Waals surface area contributed by atoms with Gasteiger partial charge in [-0.2, -0.15) is 13.2 Å². The maximum atomic E-state index is 12.9. The molecule has 0 saturated carbocycles. The van der Waals surface area contributed by atoms with Crippen molar-refractivity contribution in [3.63, 3.8) is 0 Å². The minimum absolute atomic E-state index is 0.169. The summed E-state index contributed by atoms with van der Waals surface area (Å²) < 4.78 is 50.3. The Morgan fingerprint density at radius 1 is 1.38 bits per heavy atom. The number of benzene rings is 1. The van der Waals surface area contributed by atoms with E-state index in [-0.39, 0.29) is 10.9 Å².